The van der Waals surface area contributed by atoms with Crippen LogP contribution in [0.1, 0.15) is 25.0 Å². The third-order valence-electron chi connectivity index (χ3n) is 11.4. The molecule has 0 aliphatic heterocycles. The van der Waals surface area contributed by atoms with E-state index < -0.39 is 0 Å². The van der Waals surface area contributed by atoms with E-state index in [-0.39, 0.29) is 5.41 Å². The lowest BCUT2D eigenvalue weighted by Gasteiger charge is -2.25. The second kappa shape index (κ2) is 11.6. The molecule has 0 spiro atoms. The van der Waals surface area contributed by atoms with Crippen LogP contribution in [0.3, 0.4) is 0 Å². The van der Waals surface area contributed by atoms with Gasteiger partial charge in [-0.15, -0.1) is 0 Å². The van der Waals surface area contributed by atoms with Crippen molar-refractivity contribution in [1.29, 1.82) is 0 Å². The summed E-state index contributed by atoms with van der Waals surface area (Å²) < 4.78 is 13.5. The van der Waals surface area contributed by atoms with Gasteiger partial charge in [-0.1, -0.05) is 123 Å². The predicted octanol–water partition coefficient (Wildman–Crippen LogP) is 14.6. The van der Waals surface area contributed by atoms with Crippen LogP contribution in [0.25, 0.3) is 77.3 Å². The monoisotopic (exact) mass is 693 g/mol. The van der Waals surface area contributed by atoms with Gasteiger partial charge in [-0.05, 0) is 93.5 Å². The van der Waals surface area contributed by atoms with Crippen LogP contribution in [-0.4, -0.2) is 0 Å². The number of rotatable bonds is 5. The van der Waals surface area contributed by atoms with Gasteiger partial charge in [-0.3, -0.25) is 0 Å². The van der Waals surface area contributed by atoms with Crippen LogP contribution in [0.15, 0.2) is 185 Å². The van der Waals surface area contributed by atoms with E-state index >= 15 is 0 Å². The van der Waals surface area contributed by atoms with E-state index in [2.05, 4.69) is 183 Å². The Bertz CT molecular complexity index is 3080. The summed E-state index contributed by atoms with van der Waals surface area (Å²) in [6, 6.07) is 62.7. The fourth-order valence-corrected chi connectivity index (χ4v) is 8.94. The van der Waals surface area contributed by atoms with Crippen LogP contribution >= 0.6 is 0 Å². The lowest BCUT2D eigenvalue weighted by atomic mass is 9.78. The molecule has 0 saturated carbocycles. The van der Waals surface area contributed by atoms with Gasteiger partial charge in [0.1, 0.15) is 22.3 Å². The first-order valence-electron chi connectivity index (χ1n) is 18.6. The molecule has 54 heavy (non-hydrogen) atoms. The lowest BCUT2D eigenvalue weighted by Crippen LogP contribution is -2.16. The molecule has 0 atom stereocenters. The Kier molecular flexibility index (Phi) is 6.60. The smallest absolute Gasteiger partial charge is 0.143 e. The molecule has 3 heteroatoms. The summed E-state index contributed by atoms with van der Waals surface area (Å²) in [5.41, 5.74) is 16.3. The normalized spacial score (nSPS) is 13.1. The Morgan fingerprint density at radius 1 is 0.407 bits per heavy atom. The molecule has 0 fully saturated rings. The molecule has 1 aliphatic rings. The molecule has 0 amide bonds. The van der Waals surface area contributed by atoms with Crippen molar-refractivity contribution in [3.8, 4) is 33.4 Å². The number of fused-ring (bicyclic) bond motifs is 9. The number of para-hydroxylation sites is 2. The van der Waals surface area contributed by atoms with Gasteiger partial charge in [-0.2, -0.15) is 0 Å². The molecule has 0 saturated heterocycles. The van der Waals surface area contributed by atoms with E-state index in [4.69, 9.17) is 8.83 Å². The fourth-order valence-electron chi connectivity index (χ4n) is 8.94. The highest BCUT2D eigenvalue weighted by Gasteiger charge is 2.39. The standard InChI is InChI=1S/C51H35NO2/c1-51(2)44-22-11-9-20-38(44)42-31-43-41-27-25-37(30-47(41)54-50(43)48(49(42)51)34-17-13-16-33(28-34)32-14-5-3-6-15-32)52(35-18-7-4-8-19-35)36-24-26-40-39-21-10-12-23-45(39)53-46(40)29-36/h3-31H,1-2H3. The second-order valence-electron chi connectivity index (χ2n) is 14.9. The molecule has 256 valence electrons. The van der Waals surface area contributed by atoms with Crippen molar-refractivity contribution in [3.63, 3.8) is 0 Å². The summed E-state index contributed by atoms with van der Waals surface area (Å²) in [5, 5.41) is 4.45. The summed E-state index contributed by atoms with van der Waals surface area (Å²) >= 11 is 0. The molecule has 11 rings (SSSR count). The summed E-state index contributed by atoms with van der Waals surface area (Å²) in [4.78, 5) is 2.28. The first kappa shape index (κ1) is 30.8. The van der Waals surface area contributed by atoms with Crippen molar-refractivity contribution in [1.82, 2.24) is 0 Å². The van der Waals surface area contributed by atoms with Gasteiger partial charge in [0.2, 0.25) is 0 Å². The molecular weight excluding hydrogens is 659 g/mol. The highest BCUT2D eigenvalue weighted by atomic mass is 16.3. The summed E-state index contributed by atoms with van der Waals surface area (Å²) in [6.45, 7) is 4.71. The third kappa shape index (κ3) is 4.55. The zero-order valence-corrected chi connectivity index (χ0v) is 30.0. The highest BCUT2D eigenvalue weighted by Crippen LogP contribution is 2.56. The Labute approximate surface area is 313 Å². The van der Waals surface area contributed by atoms with Crippen LogP contribution in [0.5, 0.6) is 0 Å². The van der Waals surface area contributed by atoms with Crippen molar-refractivity contribution >= 4 is 60.9 Å². The molecular formula is C51H35NO2. The molecule has 1 aliphatic carbocycles. The lowest BCUT2D eigenvalue weighted by molar-refractivity contribution is 0.650. The van der Waals surface area contributed by atoms with Crippen LogP contribution in [-0.2, 0) is 5.41 Å². The maximum Gasteiger partial charge on any atom is 0.143 e. The second-order valence-corrected chi connectivity index (χ2v) is 14.9. The van der Waals surface area contributed by atoms with Gasteiger partial charge >= 0.3 is 0 Å². The molecule has 2 aromatic heterocycles. The minimum atomic E-state index is -0.220. The Balaban J connectivity index is 1.15. The van der Waals surface area contributed by atoms with Gasteiger partial charge in [0.05, 0.1) is 0 Å². The van der Waals surface area contributed by atoms with E-state index in [1.807, 2.05) is 12.1 Å². The predicted molar refractivity (Wildman–Crippen MR) is 224 cm³/mol. The number of furan rings is 2. The summed E-state index contributed by atoms with van der Waals surface area (Å²) in [7, 11) is 0. The topological polar surface area (TPSA) is 29.5 Å². The molecule has 0 unspecified atom stereocenters. The minimum Gasteiger partial charge on any atom is -0.456 e. The van der Waals surface area contributed by atoms with Crippen molar-refractivity contribution in [2.24, 2.45) is 0 Å². The molecule has 0 N–H and O–H groups in total. The van der Waals surface area contributed by atoms with Crippen LogP contribution in [0, 0.1) is 0 Å². The van der Waals surface area contributed by atoms with Gasteiger partial charge < -0.3 is 13.7 Å². The molecule has 3 nitrogen and oxygen atoms in total. The van der Waals surface area contributed by atoms with Crippen molar-refractivity contribution in [3.05, 3.63) is 187 Å². The van der Waals surface area contributed by atoms with Gasteiger partial charge in [0.15, 0.2) is 0 Å². The van der Waals surface area contributed by atoms with E-state index in [0.29, 0.717) is 0 Å². The summed E-state index contributed by atoms with van der Waals surface area (Å²) in [5.74, 6) is 0. The fraction of sp³-hybridized carbons (Fsp3) is 0.0588. The highest BCUT2D eigenvalue weighted by molar-refractivity contribution is 6.15. The number of anilines is 3. The zero-order chi connectivity index (χ0) is 36.0. The van der Waals surface area contributed by atoms with E-state index in [0.717, 1.165) is 72.1 Å². The summed E-state index contributed by atoms with van der Waals surface area (Å²) in [6.07, 6.45) is 0. The van der Waals surface area contributed by atoms with E-state index in [1.54, 1.807) is 0 Å². The van der Waals surface area contributed by atoms with Crippen molar-refractivity contribution in [2.75, 3.05) is 4.90 Å². The van der Waals surface area contributed by atoms with Crippen LogP contribution in [0.2, 0.25) is 0 Å². The quantitative estimate of drug-likeness (QED) is 0.180. The van der Waals surface area contributed by atoms with Crippen molar-refractivity contribution < 1.29 is 8.83 Å². The largest absolute Gasteiger partial charge is 0.456 e. The van der Waals surface area contributed by atoms with Gasteiger partial charge in [-0.25, -0.2) is 0 Å². The van der Waals surface area contributed by atoms with Crippen LogP contribution < -0.4 is 4.90 Å². The molecule has 0 bridgehead atoms. The average Bonchev–Trinajstić information content (AvgIpc) is 3.85. The third-order valence-corrected chi connectivity index (χ3v) is 11.4. The number of nitrogens with zero attached hydrogens (tertiary/aromatic N) is 1. The number of hydrogen-bond donors (Lipinski definition) is 0. The average molecular weight is 694 g/mol. The first-order valence-corrected chi connectivity index (χ1v) is 18.6. The van der Waals surface area contributed by atoms with Crippen molar-refractivity contribution in [2.45, 2.75) is 19.3 Å². The maximum absolute atomic E-state index is 7.13. The minimum absolute atomic E-state index is 0.220. The Hall–Kier alpha value is -6.84. The number of hydrogen-bond acceptors (Lipinski definition) is 3. The molecule has 2 heterocycles. The maximum atomic E-state index is 7.13. The molecule has 0 radical (unpaired) electrons. The number of benzene rings is 8. The SMILES string of the molecule is CC1(C)c2ccccc2-c2cc3c(oc4cc(N(c5ccccc5)c5ccc6c(c5)oc5ccccc56)ccc43)c(-c3cccc(-c4ccccc4)c3)c21. The molecule has 10 aromatic rings. The van der Waals surface area contributed by atoms with E-state index in [1.165, 1.54) is 33.4 Å². The zero-order valence-electron chi connectivity index (χ0n) is 30.0. The molecule has 8 aromatic carbocycles. The van der Waals surface area contributed by atoms with Crippen LogP contribution in [0.4, 0.5) is 17.1 Å². The first-order chi connectivity index (χ1) is 26.5. The van der Waals surface area contributed by atoms with E-state index in [9.17, 15) is 0 Å². The van der Waals surface area contributed by atoms with Gasteiger partial charge in [0.25, 0.3) is 0 Å². The Morgan fingerprint density at radius 3 is 1.81 bits per heavy atom. The Morgan fingerprint density at radius 2 is 1.02 bits per heavy atom. The van der Waals surface area contributed by atoms with Gasteiger partial charge in [0, 0.05) is 61.7 Å².